The summed E-state index contributed by atoms with van der Waals surface area (Å²) in [7, 11) is 3.96. The lowest BCUT2D eigenvalue weighted by molar-refractivity contribution is 0.195. The first-order valence-corrected chi connectivity index (χ1v) is 4.70. The van der Waals surface area contributed by atoms with Gasteiger partial charge in [-0.1, -0.05) is 30.3 Å². The molecule has 2 nitrogen and oxygen atoms in total. The van der Waals surface area contributed by atoms with Crippen molar-refractivity contribution in [3.63, 3.8) is 0 Å². The second kappa shape index (κ2) is 5.32. The van der Waals surface area contributed by atoms with Crippen molar-refractivity contribution in [1.29, 1.82) is 0 Å². The number of hydrogen-bond acceptors (Lipinski definition) is 2. The summed E-state index contributed by atoms with van der Waals surface area (Å²) in [5.74, 6) is 0.929. The molecule has 1 aromatic carbocycles. The van der Waals surface area contributed by atoms with Crippen LogP contribution in [0.15, 0.2) is 42.3 Å². The van der Waals surface area contributed by atoms with Crippen LogP contribution in [-0.2, 0) is 11.3 Å². The van der Waals surface area contributed by atoms with Crippen LogP contribution in [0.3, 0.4) is 0 Å². The number of rotatable bonds is 4. The van der Waals surface area contributed by atoms with Gasteiger partial charge >= 0.3 is 0 Å². The lowest BCUT2D eigenvalue weighted by Gasteiger charge is -2.10. The molecule has 0 aliphatic heterocycles. The van der Waals surface area contributed by atoms with Gasteiger partial charge in [0.1, 0.15) is 12.4 Å². The summed E-state index contributed by atoms with van der Waals surface area (Å²) in [5.41, 5.74) is 1.19. The normalized spacial score (nSPS) is 11.2. The maximum absolute atomic E-state index is 5.56. The van der Waals surface area contributed by atoms with Crippen LogP contribution in [0.25, 0.3) is 0 Å². The van der Waals surface area contributed by atoms with Gasteiger partial charge in [-0.2, -0.15) is 0 Å². The molecule has 0 bridgehead atoms. The van der Waals surface area contributed by atoms with E-state index in [0.717, 1.165) is 5.76 Å². The standard InChI is InChI=1S/C12H17NO/c1-11(9-13(2)3)14-10-12-7-5-4-6-8-12/h4-9H,10H2,1-3H3/b11-9+. The minimum Gasteiger partial charge on any atom is -0.492 e. The highest BCUT2D eigenvalue weighted by molar-refractivity contribution is 5.13. The predicted octanol–water partition coefficient (Wildman–Crippen LogP) is 2.63. The van der Waals surface area contributed by atoms with E-state index in [-0.39, 0.29) is 0 Å². The Morgan fingerprint density at radius 1 is 1.29 bits per heavy atom. The van der Waals surface area contributed by atoms with Crippen LogP contribution in [0, 0.1) is 0 Å². The Morgan fingerprint density at radius 2 is 1.93 bits per heavy atom. The second-order valence-corrected chi connectivity index (χ2v) is 3.48. The fraction of sp³-hybridized carbons (Fsp3) is 0.333. The van der Waals surface area contributed by atoms with E-state index in [0.29, 0.717) is 6.61 Å². The van der Waals surface area contributed by atoms with Crippen LogP contribution in [0.5, 0.6) is 0 Å². The fourth-order valence-electron chi connectivity index (χ4n) is 1.17. The Hall–Kier alpha value is -1.44. The fourth-order valence-corrected chi connectivity index (χ4v) is 1.17. The zero-order valence-corrected chi connectivity index (χ0v) is 9.03. The van der Waals surface area contributed by atoms with Gasteiger partial charge in [0, 0.05) is 20.3 Å². The molecule has 0 fully saturated rings. The van der Waals surface area contributed by atoms with Crippen LogP contribution < -0.4 is 0 Å². The minimum absolute atomic E-state index is 0.636. The van der Waals surface area contributed by atoms with Crippen molar-refractivity contribution in [3.8, 4) is 0 Å². The van der Waals surface area contributed by atoms with Crippen LogP contribution in [0.2, 0.25) is 0 Å². The molecule has 2 heteroatoms. The minimum atomic E-state index is 0.636. The quantitative estimate of drug-likeness (QED) is 0.678. The van der Waals surface area contributed by atoms with Gasteiger partial charge < -0.3 is 9.64 Å². The summed E-state index contributed by atoms with van der Waals surface area (Å²) in [6, 6.07) is 10.2. The third kappa shape index (κ3) is 3.99. The van der Waals surface area contributed by atoms with E-state index in [4.69, 9.17) is 4.74 Å². The highest BCUT2D eigenvalue weighted by Crippen LogP contribution is 2.05. The van der Waals surface area contributed by atoms with Crippen molar-refractivity contribution in [2.45, 2.75) is 13.5 Å². The van der Waals surface area contributed by atoms with Gasteiger partial charge in [0.2, 0.25) is 0 Å². The molecule has 0 amide bonds. The Labute approximate surface area is 85.8 Å². The number of benzene rings is 1. The molecule has 0 N–H and O–H groups in total. The van der Waals surface area contributed by atoms with Crippen molar-refractivity contribution in [2.75, 3.05) is 14.1 Å². The van der Waals surface area contributed by atoms with Gasteiger partial charge in [0.15, 0.2) is 0 Å². The summed E-state index contributed by atoms with van der Waals surface area (Å²) in [6.07, 6.45) is 1.96. The second-order valence-electron chi connectivity index (χ2n) is 3.48. The van der Waals surface area contributed by atoms with Crippen LogP contribution in [-0.4, -0.2) is 19.0 Å². The summed E-state index contributed by atoms with van der Waals surface area (Å²) < 4.78 is 5.56. The molecule has 1 rings (SSSR count). The molecular weight excluding hydrogens is 174 g/mol. The van der Waals surface area contributed by atoms with Gasteiger partial charge in [-0.3, -0.25) is 0 Å². The van der Waals surface area contributed by atoms with Crippen LogP contribution in [0.1, 0.15) is 12.5 Å². The Balaban J connectivity index is 2.42. The first kappa shape index (κ1) is 10.6. The van der Waals surface area contributed by atoms with Crippen molar-refractivity contribution >= 4 is 0 Å². The maximum Gasteiger partial charge on any atom is 0.113 e. The third-order valence-corrected chi connectivity index (χ3v) is 1.75. The molecule has 76 valence electrons. The molecule has 0 heterocycles. The van der Waals surface area contributed by atoms with Crippen molar-refractivity contribution in [1.82, 2.24) is 4.90 Å². The maximum atomic E-state index is 5.56. The van der Waals surface area contributed by atoms with Crippen molar-refractivity contribution in [2.24, 2.45) is 0 Å². The lowest BCUT2D eigenvalue weighted by Crippen LogP contribution is -2.03. The molecule has 0 unspecified atom stereocenters. The molecule has 1 aromatic rings. The highest BCUT2D eigenvalue weighted by atomic mass is 16.5. The van der Waals surface area contributed by atoms with Gasteiger partial charge in [0.05, 0.1) is 0 Å². The van der Waals surface area contributed by atoms with Crippen LogP contribution >= 0.6 is 0 Å². The van der Waals surface area contributed by atoms with E-state index < -0.39 is 0 Å². The van der Waals surface area contributed by atoms with Crippen molar-refractivity contribution in [3.05, 3.63) is 47.9 Å². The Kier molecular flexibility index (Phi) is 4.05. The SMILES string of the molecule is C/C(=C\N(C)C)OCc1ccccc1. The number of allylic oxidation sites excluding steroid dienone is 1. The number of ether oxygens (including phenoxy) is 1. The van der Waals surface area contributed by atoms with Gasteiger partial charge in [-0.15, -0.1) is 0 Å². The van der Waals surface area contributed by atoms with Gasteiger partial charge in [-0.05, 0) is 12.5 Å². The lowest BCUT2D eigenvalue weighted by atomic mass is 10.2. The molecule has 0 radical (unpaired) electrons. The molecule has 0 aliphatic carbocycles. The molecule has 0 spiro atoms. The molecule has 0 atom stereocenters. The summed E-state index contributed by atoms with van der Waals surface area (Å²) in [6.45, 7) is 2.60. The zero-order valence-electron chi connectivity index (χ0n) is 9.03. The van der Waals surface area contributed by atoms with Crippen LogP contribution in [0.4, 0.5) is 0 Å². The average Bonchev–Trinajstić information content (AvgIpc) is 2.15. The number of nitrogens with zero attached hydrogens (tertiary/aromatic N) is 1. The Bertz CT molecular complexity index is 290. The third-order valence-electron chi connectivity index (χ3n) is 1.75. The highest BCUT2D eigenvalue weighted by Gasteiger charge is 1.93. The van der Waals surface area contributed by atoms with Gasteiger partial charge in [-0.25, -0.2) is 0 Å². The van der Waals surface area contributed by atoms with E-state index in [2.05, 4.69) is 12.1 Å². The van der Waals surface area contributed by atoms with Crippen molar-refractivity contribution < 1.29 is 4.74 Å². The predicted molar refractivity (Wildman–Crippen MR) is 58.7 cm³/mol. The summed E-state index contributed by atoms with van der Waals surface area (Å²) in [5, 5.41) is 0. The largest absolute Gasteiger partial charge is 0.492 e. The topological polar surface area (TPSA) is 12.5 Å². The first-order valence-electron chi connectivity index (χ1n) is 4.70. The molecular formula is C12H17NO. The average molecular weight is 191 g/mol. The summed E-state index contributed by atoms with van der Waals surface area (Å²) in [4.78, 5) is 1.97. The van der Waals surface area contributed by atoms with E-state index in [1.807, 2.05) is 50.3 Å². The molecule has 0 saturated heterocycles. The molecule has 0 aliphatic rings. The van der Waals surface area contributed by atoms with E-state index >= 15 is 0 Å². The van der Waals surface area contributed by atoms with Gasteiger partial charge in [0.25, 0.3) is 0 Å². The molecule has 14 heavy (non-hydrogen) atoms. The Morgan fingerprint density at radius 3 is 2.50 bits per heavy atom. The van der Waals surface area contributed by atoms with E-state index in [1.54, 1.807) is 0 Å². The zero-order chi connectivity index (χ0) is 10.4. The number of hydrogen-bond donors (Lipinski definition) is 0. The molecule has 0 saturated carbocycles. The monoisotopic (exact) mass is 191 g/mol. The first-order chi connectivity index (χ1) is 6.68. The van der Waals surface area contributed by atoms with E-state index in [1.165, 1.54) is 5.56 Å². The van der Waals surface area contributed by atoms with E-state index in [9.17, 15) is 0 Å². The molecule has 0 aromatic heterocycles. The smallest absolute Gasteiger partial charge is 0.113 e. The summed E-state index contributed by atoms with van der Waals surface area (Å²) >= 11 is 0.